The first kappa shape index (κ1) is 14.4. The van der Waals surface area contributed by atoms with Gasteiger partial charge in [0, 0.05) is 5.69 Å². The van der Waals surface area contributed by atoms with E-state index < -0.39 is 0 Å². The second kappa shape index (κ2) is 6.43. The maximum Gasteiger partial charge on any atom is 0.338 e. The molecule has 104 valence electrons. The number of halogens is 1. The number of rotatable bonds is 4. The first-order valence-corrected chi connectivity index (χ1v) is 6.74. The van der Waals surface area contributed by atoms with Gasteiger partial charge in [0.25, 0.3) is 0 Å². The molecule has 0 atom stereocenters. The molecule has 0 radical (unpaired) electrons. The number of carbonyl (C=O) groups excluding carboxylic acids is 1. The van der Waals surface area contributed by atoms with Crippen LogP contribution in [0.25, 0.3) is 0 Å². The number of anilines is 1. The molecule has 0 aliphatic heterocycles. The first-order chi connectivity index (χ1) is 9.60. The zero-order valence-electron chi connectivity index (χ0n) is 10.9. The highest BCUT2D eigenvalue weighted by Crippen LogP contribution is 2.25. The molecule has 0 saturated heterocycles. The van der Waals surface area contributed by atoms with Gasteiger partial charge in [-0.25, -0.2) is 4.79 Å². The Morgan fingerprint density at radius 2 is 1.90 bits per heavy atom. The molecule has 2 rings (SSSR count). The minimum Gasteiger partial charge on any atom is -0.496 e. The summed E-state index contributed by atoms with van der Waals surface area (Å²) < 4.78 is 11.2. The fourth-order valence-electron chi connectivity index (χ4n) is 1.65. The van der Waals surface area contributed by atoms with Crippen molar-refractivity contribution in [1.29, 1.82) is 0 Å². The molecule has 0 aliphatic rings. The number of hydrogen-bond acceptors (Lipinski definition) is 4. The van der Waals surface area contributed by atoms with Crippen molar-refractivity contribution in [2.45, 2.75) is 6.61 Å². The van der Waals surface area contributed by atoms with Crippen molar-refractivity contribution in [3.05, 3.63) is 58.1 Å². The fourth-order valence-corrected chi connectivity index (χ4v) is 2.24. The zero-order chi connectivity index (χ0) is 14.5. The summed E-state index contributed by atoms with van der Waals surface area (Å²) in [4.78, 5) is 11.8. The molecular weight excluding hydrogens is 322 g/mol. The molecule has 0 bridgehead atoms. The van der Waals surface area contributed by atoms with Gasteiger partial charge in [-0.1, -0.05) is 6.07 Å². The molecule has 2 aromatic carbocycles. The van der Waals surface area contributed by atoms with Gasteiger partial charge < -0.3 is 15.2 Å². The number of carbonyl (C=O) groups is 1. The maximum atomic E-state index is 11.8. The lowest BCUT2D eigenvalue weighted by atomic mass is 10.2. The molecule has 4 nitrogen and oxygen atoms in total. The van der Waals surface area contributed by atoms with E-state index in [0.29, 0.717) is 11.3 Å². The number of nitrogen functional groups attached to an aromatic ring is 1. The van der Waals surface area contributed by atoms with Crippen molar-refractivity contribution in [2.24, 2.45) is 0 Å². The summed E-state index contributed by atoms with van der Waals surface area (Å²) in [7, 11) is 1.60. The summed E-state index contributed by atoms with van der Waals surface area (Å²) in [6.07, 6.45) is 0. The Morgan fingerprint density at radius 1 is 1.20 bits per heavy atom. The summed E-state index contributed by atoms with van der Waals surface area (Å²) in [5, 5.41) is 0. The molecule has 2 N–H and O–H groups in total. The quantitative estimate of drug-likeness (QED) is 0.687. The number of ether oxygens (including phenoxy) is 2. The third kappa shape index (κ3) is 3.51. The molecule has 0 spiro atoms. The molecule has 0 saturated carbocycles. The molecule has 0 aliphatic carbocycles. The van der Waals surface area contributed by atoms with Gasteiger partial charge >= 0.3 is 5.97 Å². The van der Waals surface area contributed by atoms with Gasteiger partial charge in [-0.3, -0.25) is 0 Å². The lowest BCUT2D eigenvalue weighted by Gasteiger charge is -2.08. The lowest BCUT2D eigenvalue weighted by molar-refractivity contribution is 0.0472. The SMILES string of the molecule is COc1ccc(COC(=O)c2ccc(N)cc2)cc1Br. The van der Waals surface area contributed by atoms with Crippen LogP contribution in [0, 0.1) is 0 Å². The van der Waals surface area contributed by atoms with E-state index in [9.17, 15) is 4.79 Å². The monoisotopic (exact) mass is 335 g/mol. The van der Waals surface area contributed by atoms with E-state index in [2.05, 4.69) is 15.9 Å². The van der Waals surface area contributed by atoms with Crippen LogP contribution in [0.5, 0.6) is 5.75 Å². The second-order valence-corrected chi connectivity index (χ2v) is 5.02. The largest absolute Gasteiger partial charge is 0.496 e. The zero-order valence-corrected chi connectivity index (χ0v) is 12.5. The predicted octanol–water partition coefficient (Wildman–Crippen LogP) is 3.40. The molecule has 0 amide bonds. The Balaban J connectivity index is 1.99. The van der Waals surface area contributed by atoms with E-state index in [-0.39, 0.29) is 12.6 Å². The smallest absolute Gasteiger partial charge is 0.338 e. The van der Waals surface area contributed by atoms with E-state index in [1.54, 1.807) is 31.4 Å². The second-order valence-electron chi connectivity index (χ2n) is 4.17. The van der Waals surface area contributed by atoms with Crippen molar-refractivity contribution in [1.82, 2.24) is 0 Å². The summed E-state index contributed by atoms with van der Waals surface area (Å²) in [5.74, 6) is 0.357. The number of nitrogens with two attached hydrogens (primary N) is 1. The lowest BCUT2D eigenvalue weighted by Crippen LogP contribution is -2.05. The van der Waals surface area contributed by atoms with Crippen molar-refractivity contribution < 1.29 is 14.3 Å². The van der Waals surface area contributed by atoms with Crippen molar-refractivity contribution in [3.63, 3.8) is 0 Å². The molecule has 0 aromatic heterocycles. The van der Waals surface area contributed by atoms with Crippen molar-refractivity contribution >= 4 is 27.6 Å². The van der Waals surface area contributed by atoms with Gasteiger partial charge in [-0.15, -0.1) is 0 Å². The van der Waals surface area contributed by atoms with E-state index in [4.69, 9.17) is 15.2 Å². The molecule has 5 heteroatoms. The van der Waals surface area contributed by atoms with Crippen LogP contribution < -0.4 is 10.5 Å². The van der Waals surface area contributed by atoms with Gasteiger partial charge in [-0.2, -0.15) is 0 Å². The van der Waals surface area contributed by atoms with Crippen LogP contribution in [0.1, 0.15) is 15.9 Å². The van der Waals surface area contributed by atoms with Gasteiger partial charge in [0.1, 0.15) is 12.4 Å². The number of esters is 1. The summed E-state index contributed by atoms with van der Waals surface area (Å²) in [6.45, 7) is 0.200. The molecular formula is C15H14BrNO3. The minimum atomic E-state index is -0.378. The van der Waals surface area contributed by atoms with Crippen LogP contribution in [0.4, 0.5) is 5.69 Å². The molecule has 2 aromatic rings. The van der Waals surface area contributed by atoms with E-state index in [1.807, 2.05) is 18.2 Å². The average Bonchev–Trinajstić information content (AvgIpc) is 2.45. The number of methoxy groups -OCH3 is 1. The third-order valence-electron chi connectivity index (χ3n) is 2.73. The Kier molecular flexibility index (Phi) is 4.63. The Hall–Kier alpha value is -2.01. The fraction of sp³-hybridized carbons (Fsp3) is 0.133. The van der Waals surface area contributed by atoms with Gasteiger partial charge in [0.05, 0.1) is 17.1 Å². The van der Waals surface area contributed by atoms with Crippen LogP contribution in [-0.4, -0.2) is 13.1 Å². The highest BCUT2D eigenvalue weighted by atomic mass is 79.9. The van der Waals surface area contributed by atoms with Crippen LogP contribution >= 0.6 is 15.9 Å². The summed E-state index contributed by atoms with van der Waals surface area (Å²) >= 11 is 3.39. The van der Waals surface area contributed by atoms with Gasteiger partial charge in [0.15, 0.2) is 0 Å². The normalized spacial score (nSPS) is 10.1. The Bertz CT molecular complexity index is 611. The Labute approximate surface area is 125 Å². The third-order valence-corrected chi connectivity index (χ3v) is 3.35. The van der Waals surface area contributed by atoms with E-state index in [0.717, 1.165) is 15.8 Å². The topological polar surface area (TPSA) is 61.5 Å². The first-order valence-electron chi connectivity index (χ1n) is 5.95. The standard InChI is InChI=1S/C15H14BrNO3/c1-19-14-7-2-10(8-13(14)16)9-20-15(18)11-3-5-12(17)6-4-11/h2-8H,9,17H2,1H3. The van der Waals surface area contributed by atoms with Crippen LogP contribution in [0.2, 0.25) is 0 Å². The van der Waals surface area contributed by atoms with E-state index in [1.165, 1.54) is 0 Å². The summed E-state index contributed by atoms with van der Waals surface area (Å²) in [5.41, 5.74) is 7.53. The van der Waals surface area contributed by atoms with Crippen molar-refractivity contribution in [2.75, 3.05) is 12.8 Å². The van der Waals surface area contributed by atoms with Crippen LogP contribution in [0.15, 0.2) is 46.9 Å². The minimum absolute atomic E-state index is 0.200. The molecule has 0 unspecified atom stereocenters. The Morgan fingerprint density at radius 3 is 2.50 bits per heavy atom. The van der Waals surface area contributed by atoms with Gasteiger partial charge in [0.2, 0.25) is 0 Å². The van der Waals surface area contributed by atoms with Crippen LogP contribution in [-0.2, 0) is 11.3 Å². The number of hydrogen-bond donors (Lipinski definition) is 1. The maximum absolute atomic E-state index is 11.8. The predicted molar refractivity (Wildman–Crippen MR) is 80.7 cm³/mol. The highest BCUT2D eigenvalue weighted by Gasteiger charge is 2.08. The van der Waals surface area contributed by atoms with Crippen LogP contribution in [0.3, 0.4) is 0 Å². The molecule has 0 fully saturated rings. The highest BCUT2D eigenvalue weighted by molar-refractivity contribution is 9.10. The summed E-state index contributed by atoms with van der Waals surface area (Å²) in [6, 6.07) is 12.1. The van der Waals surface area contributed by atoms with Crippen molar-refractivity contribution in [3.8, 4) is 5.75 Å². The molecule has 20 heavy (non-hydrogen) atoms. The average molecular weight is 336 g/mol. The van der Waals surface area contributed by atoms with E-state index >= 15 is 0 Å². The molecule has 0 heterocycles. The van der Waals surface area contributed by atoms with Gasteiger partial charge in [-0.05, 0) is 57.9 Å². The number of benzene rings is 2.